The van der Waals surface area contributed by atoms with E-state index < -0.39 is 23.9 Å². The van der Waals surface area contributed by atoms with Crippen molar-refractivity contribution in [1.82, 2.24) is 10.6 Å². The quantitative estimate of drug-likeness (QED) is 0.654. The Kier molecular flexibility index (Phi) is 7.11. The van der Waals surface area contributed by atoms with Crippen LogP contribution in [0.25, 0.3) is 0 Å². The molecule has 0 bridgehead atoms. The SMILES string of the molecule is CC(=O)N[C@@H](Cc1ccccc1)C(=O)N[C@@H](Cc1ccc(C)cc1)C(N)=O. The zero-order chi connectivity index (χ0) is 19.8. The molecular weight excluding hydrogens is 342 g/mol. The molecule has 2 aromatic carbocycles. The molecule has 0 saturated heterocycles. The Morgan fingerprint density at radius 3 is 1.96 bits per heavy atom. The van der Waals surface area contributed by atoms with Crippen molar-refractivity contribution >= 4 is 17.7 Å². The number of carbonyl (C=O) groups excluding carboxylic acids is 3. The fourth-order valence-corrected chi connectivity index (χ4v) is 2.76. The van der Waals surface area contributed by atoms with Gasteiger partial charge in [-0.3, -0.25) is 14.4 Å². The van der Waals surface area contributed by atoms with E-state index in [0.717, 1.165) is 16.7 Å². The van der Waals surface area contributed by atoms with Crippen LogP contribution < -0.4 is 16.4 Å². The summed E-state index contributed by atoms with van der Waals surface area (Å²) in [6, 6.07) is 15.4. The molecule has 2 rings (SSSR count). The topological polar surface area (TPSA) is 101 Å². The second-order valence-electron chi connectivity index (χ2n) is 6.60. The number of rotatable bonds is 8. The van der Waals surface area contributed by atoms with E-state index >= 15 is 0 Å². The van der Waals surface area contributed by atoms with Gasteiger partial charge in [0.15, 0.2) is 0 Å². The fourth-order valence-electron chi connectivity index (χ4n) is 2.76. The first kappa shape index (κ1) is 20.2. The van der Waals surface area contributed by atoms with Crippen LogP contribution in [0.4, 0.5) is 0 Å². The van der Waals surface area contributed by atoms with Gasteiger partial charge in [0.2, 0.25) is 17.7 Å². The molecule has 0 radical (unpaired) electrons. The summed E-state index contributed by atoms with van der Waals surface area (Å²) in [5.41, 5.74) is 8.38. The van der Waals surface area contributed by atoms with Crippen LogP contribution in [0.5, 0.6) is 0 Å². The Bertz CT molecular complexity index is 788. The van der Waals surface area contributed by atoms with Crippen LogP contribution in [0.2, 0.25) is 0 Å². The monoisotopic (exact) mass is 367 g/mol. The Morgan fingerprint density at radius 2 is 1.41 bits per heavy atom. The second-order valence-corrected chi connectivity index (χ2v) is 6.60. The molecule has 27 heavy (non-hydrogen) atoms. The third-order valence-electron chi connectivity index (χ3n) is 4.20. The number of hydrogen-bond acceptors (Lipinski definition) is 3. The first-order chi connectivity index (χ1) is 12.8. The predicted molar refractivity (Wildman–Crippen MR) is 104 cm³/mol. The van der Waals surface area contributed by atoms with Crippen molar-refractivity contribution in [3.05, 3.63) is 71.3 Å². The Hall–Kier alpha value is -3.15. The van der Waals surface area contributed by atoms with Crippen LogP contribution in [0.1, 0.15) is 23.6 Å². The molecule has 0 saturated carbocycles. The van der Waals surface area contributed by atoms with Gasteiger partial charge in [-0.2, -0.15) is 0 Å². The van der Waals surface area contributed by atoms with Gasteiger partial charge in [0.25, 0.3) is 0 Å². The molecule has 0 unspecified atom stereocenters. The highest BCUT2D eigenvalue weighted by atomic mass is 16.2. The van der Waals surface area contributed by atoms with Crippen molar-refractivity contribution in [2.75, 3.05) is 0 Å². The molecule has 2 atom stereocenters. The van der Waals surface area contributed by atoms with E-state index in [9.17, 15) is 14.4 Å². The van der Waals surface area contributed by atoms with Crippen LogP contribution in [0.3, 0.4) is 0 Å². The maximum Gasteiger partial charge on any atom is 0.243 e. The van der Waals surface area contributed by atoms with Crippen molar-refractivity contribution in [3.63, 3.8) is 0 Å². The molecule has 2 aromatic rings. The van der Waals surface area contributed by atoms with Crippen molar-refractivity contribution in [2.45, 2.75) is 38.8 Å². The van der Waals surface area contributed by atoms with Gasteiger partial charge in [0.1, 0.15) is 12.1 Å². The van der Waals surface area contributed by atoms with Crippen molar-refractivity contribution < 1.29 is 14.4 Å². The van der Waals surface area contributed by atoms with Crippen LogP contribution in [0.15, 0.2) is 54.6 Å². The van der Waals surface area contributed by atoms with Crippen LogP contribution in [-0.4, -0.2) is 29.8 Å². The lowest BCUT2D eigenvalue weighted by Crippen LogP contribution is -2.54. The molecule has 142 valence electrons. The molecule has 0 aliphatic heterocycles. The summed E-state index contributed by atoms with van der Waals surface area (Å²) < 4.78 is 0. The Balaban J connectivity index is 2.10. The van der Waals surface area contributed by atoms with E-state index in [1.807, 2.05) is 61.5 Å². The first-order valence-electron chi connectivity index (χ1n) is 8.81. The number of benzene rings is 2. The van der Waals surface area contributed by atoms with Crippen molar-refractivity contribution in [2.24, 2.45) is 5.73 Å². The van der Waals surface area contributed by atoms with Crippen molar-refractivity contribution in [3.8, 4) is 0 Å². The molecule has 0 fully saturated rings. The predicted octanol–water partition coefficient (Wildman–Crippen LogP) is 1.26. The molecule has 4 N–H and O–H groups in total. The lowest BCUT2D eigenvalue weighted by molar-refractivity contribution is -0.130. The summed E-state index contributed by atoms with van der Waals surface area (Å²) in [6.07, 6.45) is 0.613. The lowest BCUT2D eigenvalue weighted by Gasteiger charge is -2.22. The largest absolute Gasteiger partial charge is 0.368 e. The number of primary amides is 1. The molecule has 6 nitrogen and oxygen atoms in total. The number of carbonyl (C=O) groups is 3. The molecule has 3 amide bonds. The summed E-state index contributed by atoms with van der Waals surface area (Å²) in [5, 5.41) is 5.32. The number of aryl methyl sites for hydroxylation is 1. The van der Waals surface area contributed by atoms with Gasteiger partial charge in [-0.25, -0.2) is 0 Å². The summed E-state index contributed by atoms with van der Waals surface area (Å²) in [6.45, 7) is 3.32. The summed E-state index contributed by atoms with van der Waals surface area (Å²) >= 11 is 0. The van der Waals surface area contributed by atoms with Crippen LogP contribution in [0, 0.1) is 6.92 Å². The van der Waals surface area contributed by atoms with Crippen LogP contribution >= 0.6 is 0 Å². The van der Waals surface area contributed by atoms with E-state index in [1.54, 1.807) is 0 Å². The first-order valence-corrected chi connectivity index (χ1v) is 8.81. The van der Waals surface area contributed by atoms with Gasteiger partial charge in [0, 0.05) is 19.8 Å². The summed E-state index contributed by atoms with van der Waals surface area (Å²) in [4.78, 5) is 36.0. The molecule has 6 heteroatoms. The zero-order valence-electron chi connectivity index (χ0n) is 15.6. The highest BCUT2D eigenvalue weighted by molar-refractivity contribution is 5.91. The normalized spacial score (nSPS) is 12.7. The third-order valence-corrected chi connectivity index (χ3v) is 4.20. The van der Waals surface area contributed by atoms with Crippen molar-refractivity contribution in [1.29, 1.82) is 0 Å². The molecule has 0 heterocycles. The van der Waals surface area contributed by atoms with E-state index in [1.165, 1.54) is 6.92 Å². The third kappa shape index (κ3) is 6.58. The van der Waals surface area contributed by atoms with Gasteiger partial charge < -0.3 is 16.4 Å². The smallest absolute Gasteiger partial charge is 0.243 e. The summed E-state index contributed by atoms with van der Waals surface area (Å²) in [5.74, 6) is -1.38. The maximum atomic E-state index is 12.7. The standard InChI is InChI=1S/C21H25N3O3/c1-14-8-10-17(11-9-14)12-18(20(22)26)24-21(27)19(23-15(2)25)13-16-6-4-3-5-7-16/h3-11,18-19H,12-13H2,1-2H3,(H2,22,26)(H,23,25)(H,24,27)/t18-,19-/m0/s1. The fraction of sp³-hybridized carbons (Fsp3) is 0.286. The maximum absolute atomic E-state index is 12.7. The molecule has 0 aliphatic rings. The number of amides is 3. The number of nitrogens with two attached hydrogens (primary N) is 1. The Labute approximate surface area is 159 Å². The zero-order valence-corrected chi connectivity index (χ0v) is 15.6. The molecule has 0 spiro atoms. The van der Waals surface area contributed by atoms with Gasteiger partial charge in [-0.05, 0) is 18.1 Å². The van der Waals surface area contributed by atoms with E-state index in [0.29, 0.717) is 12.8 Å². The average molecular weight is 367 g/mol. The highest BCUT2D eigenvalue weighted by Gasteiger charge is 2.25. The highest BCUT2D eigenvalue weighted by Crippen LogP contribution is 2.08. The molecular formula is C21H25N3O3. The number of nitrogens with one attached hydrogen (secondary N) is 2. The van der Waals surface area contributed by atoms with E-state index in [2.05, 4.69) is 10.6 Å². The van der Waals surface area contributed by atoms with E-state index in [4.69, 9.17) is 5.73 Å². The lowest BCUT2D eigenvalue weighted by atomic mass is 10.0. The van der Waals surface area contributed by atoms with Gasteiger partial charge in [0.05, 0.1) is 0 Å². The van der Waals surface area contributed by atoms with Gasteiger partial charge in [-0.15, -0.1) is 0 Å². The Morgan fingerprint density at radius 1 is 0.852 bits per heavy atom. The van der Waals surface area contributed by atoms with Gasteiger partial charge >= 0.3 is 0 Å². The average Bonchev–Trinajstić information content (AvgIpc) is 2.62. The summed E-state index contributed by atoms with van der Waals surface area (Å²) in [7, 11) is 0. The minimum Gasteiger partial charge on any atom is -0.368 e. The van der Waals surface area contributed by atoms with Gasteiger partial charge in [-0.1, -0.05) is 60.2 Å². The minimum absolute atomic E-state index is 0.291. The second kappa shape index (κ2) is 9.52. The van der Waals surface area contributed by atoms with Crippen LogP contribution in [-0.2, 0) is 27.2 Å². The molecule has 0 aliphatic carbocycles. The number of hydrogen-bond donors (Lipinski definition) is 3. The van der Waals surface area contributed by atoms with E-state index in [-0.39, 0.29) is 5.91 Å². The molecule has 0 aromatic heterocycles. The minimum atomic E-state index is -0.854.